The number of hydrogen-bond donors (Lipinski definition) is 1. The molecule has 0 aromatic carbocycles. The van der Waals surface area contributed by atoms with Gasteiger partial charge in [-0.05, 0) is 12.5 Å². The first-order chi connectivity index (χ1) is 7.63. The minimum atomic E-state index is -0.107. The Labute approximate surface area is 96.5 Å². The maximum atomic E-state index is 11.6. The lowest BCUT2D eigenvalue weighted by Gasteiger charge is -1.97. The summed E-state index contributed by atoms with van der Waals surface area (Å²) in [6, 6.07) is 0. The average molecular weight is 237 g/mol. The van der Waals surface area contributed by atoms with E-state index in [0.29, 0.717) is 17.4 Å². The number of amides is 1. The highest BCUT2D eigenvalue weighted by molar-refractivity contribution is 7.09. The summed E-state index contributed by atoms with van der Waals surface area (Å²) < 4.78 is 5.64. The normalized spacial score (nSPS) is 10.4. The number of carbonyl (C=O) groups is 1. The van der Waals surface area contributed by atoms with E-state index in [0.717, 1.165) is 5.56 Å². The second kappa shape index (κ2) is 4.40. The molecule has 2 rings (SSSR count). The first kappa shape index (κ1) is 10.7. The highest BCUT2D eigenvalue weighted by Crippen LogP contribution is 2.10. The summed E-state index contributed by atoms with van der Waals surface area (Å²) in [6.07, 6.45) is 3.78. The molecule has 84 valence electrons. The number of hydrogen-bond acceptors (Lipinski definition) is 5. The largest absolute Gasteiger partial charge is 0.300 e. The van der Waals surface area contributed by atoms with Crippen LogP contribution in [0.2, 0.25) is 0 Å². The molecule has 2 aromatic heterocycles. The van der Waals surface area contributed by atoms with Gasteiger partial charge >= 0.3 is 0 Å². The summed E-state index contributed by atoms with van der Waals surface area (Å²) in [5.41, 5.74) is 0.876. The number of nitrogens with one attached hydrogen (secondary N) is 1. The fraction of sp³-hybridized carbons (Fsp3) is 0.333. The fourth-order valence-corrected chi connectivity index (χ4v) is 1.85. The van der Waals surface area contributed by atoms with E-state index < -0.39 is 0 Å². The van der Waals surface area contributed by atoms with Gasteiger partial charge in [0.05, 0.1) is 12.6 Å². The lowest BCUT2D eigenvalue weighted by atomic mass is 10.2. The van der Waals surface area contributed by atoms with E-state index in [-0.39, 0.29) is 5.91 Å². The summed E-state index contributed by atoms with van der Waals surface area (Å²) in [7, 11) is 1.81. The predicted molar refractivity (Wildman–Crippen MR) is 60.2 cm³/mol. The van der Waals surface area contributed by atoms with Crippen LogP contribution in [-0.4, -0.2) is 25.0 Å². The number of anilines is 1. The van der Waals surface area contributed by atoms with Gasteiger partial charge in [-0.3, -0.25) is 9.48 Å². The molecule has 0 spiro atoms. The molecule has 0 saturated carbocycles. The molecule has 0 saturated heterocycles. The van der Waals surface area contributed by atoms with Gasteiger partial charge in [0.15, 0.2) is 0 Å². The summed E-state index contributed by atoms with van der Waals surface area (Å²) in [5, 5.41) is 7.22. The summed E-state index contributed by atoms with van der Waals surface area (Å²) in [4.78, 5) is 15.6. The zero-order valence-electron chi connectivity index (χ0n) is 8.97. The third-order valence-corrected chi connectivity index (χ3v) is 2.62. The van der Waals surface area contributed by atoms with Gasteiger partial charge in [0.1, 0.15) is 5.82 Å². The van der Waals surface area contributed by atoms with Gasteiger partial charge in [-0.1, -0.05) is 0 Å². The van der Waals surface area contributed by atoms with Crippen molar-refractivity contribution < 1.29 is 4.79 Å². The highest BCUT2D eigenvalue weighted by atomic mass is 32.1. The smallest absolute Gasteiger partial charge is 0.230 e. The zero-order valence-corrected chi connectivity index (χ0v) is 9.78. The van der Waals surface area contributed by atoms with Crippen LogP contribution >= 0.6 is 11.5 Å². The average Bonchev–Trinajstić information content (AvgIpc) is 2.76. The number of carbonyl (C=O) groups excluding carboxylic acids is 1. The van der Waals surface area contributed by atoms with Crippen molar-refractivity contribution in [3.8, 4) is 0 Å². The molecule has 0 aliphatic carbocycles. The summed E-state index contributed by atoms with van der Waals surface area (Å²) in [6.45, 7) is 1.78. The Hall–Kier alpha value is -1.76. The van der Waals surface area contributed by atoms with Crippen molar-refractivity contribution in [3.05, 3.63) is 23.8 Å². The number of rotatable bonds is 3. The third kappa shape index (κ3) is 2.63. The topological polar surface area (TPSA) is 72.7 Å². The van der Waals surface area contributed by atoms with Crippen molar-refractivity contribution in [1.29, 1.82) is 0 Å². The molecule has 0 fully saturated rings. The Morgan fingerprint density at radius 2 is 2.44 bits per heavy atom. The molecule has 1 N–H and O–H groups in total. The molecule has 0 aliphatic rings. The second-order valence-electron chi connectivity index (χ2n) is 3.39. The molecule has 0 aliphatic heterocycles. The van der Waals surface area contributed by atoms with Gasteiger partial charge in [-0.2, -0.15) is 9.47 Å². The molecule has 7 heteroatoms. The van der Waals surface area contributed by atoms with E-state index in [9.17, 15) is 4.79 Å². The molecule has 1 amide bonds. The van der Waals surface area contributed by atoms with Crippen LogP contribution in [0, 0.1) is 6.92 Å². The van der Waals surface area contributed by atoms with Gasteiger partial charge in [-0.25, -0.2) is 4.98 Å². The van der Waals surface area contributed by atoms with Crippen LogP contribution in [0.15, 0.2) is 12.4 Å². The maximum Gasteiger partial charge on any atom is 0.230 e. The predicted octanol–water partition coefficient (Wildman–Crippen LogP) is 0.761. The minimum Gasteiger partial charge on any atom is -0.300 e. The Balaban J connectivity index is 1.94. The van der Waals surface area contributed by atoms with Crippen LogP contribution < -0.4 is 5.32 Å². The van der Waals surface area contributed by atoms with Gasteiger partial charge in [0, 0.05) is 24.8 Å². The van der Waals surface area contributed by atoms with E-state index in [1.807, 2.05) is 13.2 Å². The third-order valence-electron chi connectivity index (χ3n) is 1.90. The number of nitrogens with zero attached hydrogens (tertiary/aromatic N) is 4. The van der Waals surface area contributed by atoms with Crippen LogP contribution in [-0.2, 0) is 18.3 Å². The number of aryl methyl sites for hydroxylation is 2. The van der Waals surface area contributed by atoms with Crippen molar-refractivity contribution in [2.75, 3.05) is 5.32 Å². The first-order valence-electron chi connectivity index (χ1n) is 4.71. The van der Waals surface area contributed by atoms with Crippen LogP contribution in [0.4, 0.5) is 5.13 Å². The van der Waals surface area contributed by atoms with Crippen molar-refractivity contribution in [2.45, 2.75) is 13.3 Å². The van der Waals surface area contributed by atoms with Crippen molar-refractivity contribution >= 4 is 22.6 Å². The van der Waals surface area contributed by atoms with Gasteiger partial charge in [0.25, 0.3) is 0 Å². The monoisotopic (exact) mass is 237 g/mol. The van der Waals surface area contributed by atoms with E-state index >= 15 is 0 Å². The molecule has 2 heterocycles. The van der Waals surface area contributed by atoms with E-state index in [1.54, 1.807) is 17.8 Å². The molecule has 0 unspecified atom stereocenters. The molecule has 0 bridgehead atoms. The van der Waals surface area contributed by atoms with Crippen molar-refractivity contribution in [3.63, 3.8) is 0 Å². The van der Waals surface area contributed by atoms with Crippen LogP contribution in [0.1, 0.15) is 11.4 Å². The molecule has 16 heavy (non-hydrogen) atoms. The lowest BCUT2D eigenvalue weighted by molar-refractivity contribution is -0.115. The lowest BCUT2D eigenvalue weighted by Crippen LogP contribution is -2.13. The molecule has 2 aromatic rings. The van der Waals surface area contributed by atoms with E-state index in [4.69, 9.17) is 0 Å². The number of aromatic nitrogens is 4. The van der Waals surface area contributed by atoms with Crippen LogP contribution in [0.5, 0.6) is 0 Å². The van der Waals surface area contributed by atoms with Gasteiger partial charge in [0.2, 0.25) is 11.0 Å². The standard InChI is InChI=1S/C9H11N5OS/c1-6-11-9(16-13-6)12-8(15)3-7-4-10-14(2)5-7/h4-5H,3H2,1-2H3,(H,11,12,13,15). The molecule has 0 radical (unpaired) electrons. The molecular formula is C9H11N5OS. The fourth-order valence-electron chi connectivity index (χ4n) is 1.26. The quantitative estimate of drug-likeness (QED) is 0.855. The van der Waals surface area contributed by atoms with E-state index in [2.05, 4.69) is 19.8 Å². The molecule has 0 atom stereocenters. The first-order valence-corrected chi connectivity index (χ1v) is 5.48. The Morgan fingerprint density at radius 3 is 3.00 bits per heavy atom. The SMILES string of the molecule is Cc1nsc(NC(=O)Cc2cnn(C)c2)n1. The van der Waals surface area contributed by atoms with Gasteiger partial charge < -0.3 is 5.32 Å². The zero-order chi connectivity index (χ0) is 11.5. The van der Waals surface area contributed by atoms with Crippen molar-refractivity contribution in [2.24, 2.45) is 7.05 Å². The summed E-state index contributed by atoms with van der Waals surface area (Å²) in [5.74, 6) is 0.561. The molecular weight excluding hydrogens is 226 g/mol. The van der Waals surface area contributed by atoms with Crippen LogP contribution in [0.25, 0.3) is 0 Å². The Kier molecular flexibility index (Phi) is 2.95. The maximum absolute atomic E-state index is 11.6. The van der Waals surface area contributed by atoms with Crippen molar-refractivity contribution in [1.82, 2.24) is 19.1 Å². The summed E-state index contributed by atoms with van der Waals surface area (Å²) >= 11 is 1.18. The van der Waals surface area contributed by atoms with Crippen LogP contribution in [0.3, 0.4) is 0 Å². The Bertz CT molecular complexity index is 459. The van der Waals surface area contributed by atoms with E-state index in [1.165, 1.54) is 11.5 Å². The second-order valence-corrected chi connectivity index (χ2v) is 4.15. The minimum absolute atomic E-state index is 0.107. The Morgan fingerprint density at radius 1 is 1.62 bits per heavy atom. The highest BCUT2D eigenvalue weighted by Gasteiger charge is 2.08. The van der Waals surface area contributed by atoms with Gasteiger partial charge in [-0.15, -0.1) is 0 Å². The molecule has 6 nitrogen and oxygen atoms in total.